The molecule has 1 unspecified atom stereocenters. The molecule has 172 valence electrons. The van der Waals surface area contributed by atoms with Gasteiger partial charge in [0, 0.05) is 19.6 Å². The summed E-state index contributed by atoms with van der Waals surface area (Å²) in [5.41, 5.74) is 0.489. The first-order chi connectivity index (χ1) is 14.6. The molecule has 2 rings (SSSR count). The highest BCUT2D eigenvalue weighted by atomic mass is 32.2. The van der Waals surface area contributed by atoms with Crippen molar-refractivity contribution in [2.24, 2.45) is 11.8 Å². The maximum Gasteiger partial charge on any atom is 0.264 e. The predicted octanol–water partition coefficient (Wildman–Crippen LogP) is 3.87. The maximum atomic E-state index is 13.4. The van der Waals surface area contributed by atoms with Gasteiger partial charge in [0.25, 0.3) is 10.0 Å². The Kier molecular flexibility index (Phi) is 9.34. The van der Waals surface area contributed by atoms with Gasteiger partial charge >= 0.3 is 0 Å². The van der Waals surface area contributed by atoms with Crippen LogP contribution in [-0.4, -0.2) is 57.8 Å². The fraction of sp³-hybridized carbons (Fsp3) is 0.500. The summed E-state index contributed by atoms with van der Waals surface area (Å²) in [5, 5.41) is 10.9. The number of anilines is 1. The second-order valence-electron chi connectivity index (χ2n) is 8.71. The average molecular weight is 449 g/mol. The zero-order chi connectivity index (χ0) is 23.0. The van der Waals surface area contributed by atoms with Gasteiger partial charge in [0.15, 0.2) is 0 Å². The molecule has 0 radical (unpaired) electrons. The Labute approximate surface area is 187 Å². The minimum atomic E-state index is -3.84. The lowest BCUT2D eigenvalue weighted by molar-refractivity contribution is 0.104. The van der Waals surface area contributed by atoms with Gasteiger partial charge in [0.05, 0.1) is 30.3 Å². The van der Waals surface area contributed by atoms with Crippen LogP contribution in [0.1, 0.15) is 27.7 Å². The van der Waals surface area contributed by atoms with Crippen LogP contribution in [-0.2, 0) is 10.0 Å². The summed E-state index contributed by atoms with van der Waals surface area (Å²) in [6.07, 6.45) is -0.835. The first-order valence-electron chi connectivity index (χ1n) is 10.8. The highest BCUT2D eigenvalue weighted by molar-refractivity contribution is 7.92. The lowest BCUT2D eigenvalue weighted by Gasteiger charge is -2.31. The van der Waals surface area contributed by atoms with E-state index in [1.807, 2.05) is 0 Å². The van der Waals surface area contributed by atoms with Crippen molar-refractivity contribution in [1.29, 1.82) is 0 Å². The van der Waals surface area contributed by atoms with Crippen molar-refractivity contribution in [3.05, 3.63) is 54.6 Å². The van der Waals surface area contributed by atoms with Crippen molar-refractivity contribution in [2.45, 2.75) is 38.7 Å². The summed E-state index contributed by atoms with van der Waals surface area (Å²) in [7, 11) is -2.27. The molecule has 0 bridgehead atoms. The highest BCUT2D eigenvalue weighted by Crippen LogP contribution is 2.26. The van der Waals surface area contributed by atoms with Crippen LogP contribution in [0, 0.1) is 11.8 Å². The average Bonchev–Trinajstić information content (AvgIpc) is 2.71. The van der Waals surface area contributed by atoms with E-state index in [9.17, 15) is 13.5 Å². The summed E-state index contributed by atoms with van der Waals surface area (Å²) >= 11 is 0. The van der Waals surface area contributed by atoms with Crippen molar-refractivity contribution in [1.82, 2.24) is 4.90 Å². The van der Waals surface area contributed by atoms with E-state index < -0.39 is 16.1 Å². The van der Waals surface area contributed by atoms with Gasteiger partial charge in [-0.2, -0.15) is 0 Å². The lowest BCUT2D eigenvalue weighted by atomic mass is 10.1. The van der Waals surface area contributed by atoms with Gasteiger partial charge in [-0.3, -0.25) is 4.31 Å². The maximum absolute atomic E-state index is 13.4. The molecule has 1 atom stereocenters. The van der Waals surface area contributed by atoms with Crippen LogP contribution in [0.2, 0.25) is 0 Å². The Balaban J connectivity index is 2.31. The summed E-state index contributed by atoms with van der Waals surface area (Å²) in [6, 6.07) is 15.2. The van der Waals surface area contributed by atoms with E-state index >= 15 is 0 Å². The molecule has 0 fully saturated rings. The van der Waals surface area contributed by atoms with E-state index in [0.29, 0.717) is 29.8 Å². The summed E-state index contributed by atoms with van der Waals surface area (Å²) in [4.78, 5) is 2.40. The molecule has 0 spiro atoms. The zero-order valence-electron chi connectivity index (χ0n) is 19.2. The predicted molar refractivity (Wildman–Crippen MR) is 126 cm³/mol. The third kappa shape index (κ3) is 7.52. The molecular weight excluding hydrogens is 412 g/mol. The molecule has 31 heavy (non-hydrogen) atoms. The molecule has 2 aromatic rings. The number of hydrogen-bond acceptors (Lipinski definition) is 5. The van der Waals surface area contributed by atoms with Crippen molar-refractivity contribution in [2.75, 3.05) is 37.6 Å². The van der Waals surface area contributed by atoms with Gasteiger partial charge < -0.3 is 14.7 Å². The molecule has 0 saturated carbocycles. The Morgan fingerprint density at radius 2 is 1.39 bits per heavy atom. The van der Waals surface area contributed by atoms with Gasteiger partial charge in [-0.05, 0) is 48.2 Å². The SMILES string of the molecule is COc1ccc(N(CC(O)CN(CC(C)C)CC(C)C)S(=O)(=O)c2ccccc2)cc1. The van der Waals surface area contributed by atoms with Crippen molar-refractivity contribution < 1.29 is 18.3 Å². The summed E-state index contributed by atoms with van der Waals surface area (Å²) in [6.45, 7) is 10.6. The van der Waals surface area contributed by atoms with Crippen molar-refractivity contribution in [3.63, 3.8) is 0 Å². The summed E-state index contributed by atoms with van der Waals surface area (Å²) < 4.78 is 33.4. The van der Waals surface area contributed by atoms with Gasteiger partial charge in [-0.25, -0.2) is 8.42 Å². The van der Waals surface area contributed by atoms with Crippen LogP contribution in [0.15, 0.2) is 59.5 Å². The van der Waals surface area contributed by atoms with Crippen LogP contribution in [0.3, 0.4) is 0 Å². The number of benzene rings is 2. The molecule has 6 nitrogen and oxygen atoms in total. The number of aliphatic hydroxyl groups is 1. The van der Waals surface area contributed by atoms with E-state index in [1.54, 1.807) is 61.7 Å². The normalized spacial score (nSPS) is 13.1. The van der Waals surface area contributed by atoms with E-state index in [4.69, 9.17) is 4.74 Å². The second kappa shape index (κ2) is 11.5. The van der Waals surface area contributed by atoms with E-state index in [2.05, 4.69) is 32.6 Å². The van der Waals surface area contributed by atoms with Crippen molar-refractivity contribution >= 4 is 15.7 Å². The minimum absolute atomic E-state index is 0.0315. The molecule has 0 aliphatic heterocycles. The largest absolute Gasteiger partial charge is 0.497 e. The van der Waals surface area contributed by atoms with E-state index in [0.717, 1.165) is 13.1 Å². The highest BCUT2D eigenvalue weighted by Gasteiger charge is 2.28. The molecular formula is C24H36N2O4S. The van der Waals surface area contributed by atoms with Gasteiger partial charge in [-0.15, -0.1) is 0 Å². The van der Waals surface area contributed by atoms with E-state index in [1.165, 1.54) is 4.31 Å². The molecule has 0 amide bonds. The Bertz CT molecular complexity index is 874. The standard InChI is InChI=1S/C24H36N2O4S/c1-19(2)15-25(16-20(3)4)17-22(27)18-26(21-11-13-23(30-5)14-12-21)31(28,29)24-9-7-6-8-10-24/h6-14,19-20,22,27H,15-18H2,1-5H3. The molecule has 1 N–H and O–H groups in total. The van der Waals surface area contributed by atoms with Crippen molar-refractivity contribution in [3.8, 4) is 5.75 Å². The first-order valence-corrected chi connectivity index (χ1v) is 12.2. The molecule has 7 heteroatoms. The first kappa shape index (κ1) is 25.2. The number of sulfonamides is 1. The minimum Gasteiger partial charge on any atom is -0.497 e. The van der Waals surface area contributed by atoms with E-state index in [-0.39, 0.29) is 11.4 Å². The van der Waals surface area contributed by atoms with Gasteiger partial charge in [-0.1, -0.05) is 45.9 Å². The Morgan fingerprint density at radius 3 is 1.87 bits per heavy atom. The smallest absolute Gasteiger partial charge is 0.264 e. The number of methoxy groups -OCH3 is 1. The fourth-order valence-corrected chi connectivity index (χ4v) is 5.14. The zero-order valence-corrected chi connectivity index (χ0v) is 20.0. The van der Waals surface area contributed by atoms with Crippen LogP contribution < -0.4 is 9.04 Å². The van der Waals surface area contributed by atoms with Crippen LogP contribution in [0.25, 0.3) is 0 Å². The molecule has 0 aliphatic carbocycles. The number of aliphatic hydroxyl groups excluding tert-OH is 1. The number of hydrogen-bond donors (Lipinski definition) is 1. The Hall–Kier alpha value is -2.09. The molecule has 0 saturated heterocycles. The van der Waals surface area contributed by atoms with Crippen LogP contribution in [0.5, 0.6) is 5.75 Å². The lowest BCUT2D eigenvalue weighted by Crippen LogP contribution is -2.44. The Morgan fingerprint density at radius 1 is 0.839 bits per heavy atom. The third-order valence-electron chi connectivity index (χ3n) is 4.78. The number of rotatable bonds is 12. The number of ether oxygens (including phenoxy) is 1. The molecule has 0 aromatic heterocycles. The quantitative estimate of drug-likeness (QED) is 0.534. The fourth-order valence-electron chi connectivity index (χ4n) is 3.61. The van der Waals surface area contributed by atoms with Gasteiger partial charge in [0.2, 0.25) is 0 Å². The third-order valence-corrected chi connectivity index (χ3v) is 6.59. The molecule has 2 aromatic carbocycles. The van der Waals surface area contributed by atoms with Gasteiger partial charge in [0.1, 0.15) is 5.75 Å². The molecule has 0 aliphatic rings. The summed E-state index contributed by atoms with van der Waals surface area (Å²) in [5.74, 6) is 1.55. The number of nitrogens with zero attached hydrogens (tertiary/aromatic N) is 2. The molecule has 0 heterocycles. The van der Waals surface area contributed by atoms with Crippen LogP contribution >= 0.6 is 0 Å². The van der Waals surface area contributed by atoms with Crippen LogP contribution in [0.4, 0.5) is 5.69 Å². The second-order valence-corrected chi connectivity index (χ2v) is 10.6. The topological polar surface area (TPSA) is 70.1 Å². The monoisotopic (exact) mass is 448 g/mol.